The molecule has 0 aliphatic heterocycles. The summed E-state index contributed by atoms with van der Waals surface area (Å²) in [5.41, 5.74) is 0.360. The van der Waals surface area contributed by atoms with Crippen molar-refractivity contribution >= 4 is 0 Å². The molecular weight excluding hydrogens is 243 g/mol. The summed E-state index contributed by atoms with van der Waals surface area (Å²) in [5, 5.41) is 2.79. The van der Waals surface area contributed by atoms with Crippen molar-refractivity contribution in [1.29, 1.82) is 0 Å². The van der Waals surface area contributed by atoms with Gasteiger partial charge in [0.25, 0.3) is 0 Å². The van der Waals surface area contributed by atoms with Crippen LogP contribution >= 0.6 is 0 Å². The second kappa shape index (κ2) is 4.86. The fourth-order valence-corrected chi connectivity index (χ4v) is 1.92. The van der Waals surface area contributed by atoms with Crippen LogP contribution in [0.4, 0.5) is 13.2 Å². The van der Waals surface area contributed by atoms with Crippen molar-refractivity contribution in [2.75, 3.05) is 7.05 Å². The first-order chi connectivity index (χ1) is 8.52. The van der Waals surface area contributed by atoms with E-state index in [9.17, 15) is 13.2 Å². The second-order valence-corrected chi connectivity index (χ2v) is 4.00. The number of hydrogen-bond donors (Lipinski definition) is 1. The molecule has 0 aliphatic rings. The van der Waals surface area contributed by atoms with Crippen molar-refractivity contribution in [2.24, 2.45) is 0 Å². The maximum absolute atomic E-state index is 13.7. The lowest BCUT2D eigenvalue weighted by atomic mass is 10.00. The van der Waals surface area contributed by atoms with Gasteiger partial charge in [0.1, 0.15) is 23.2 Å². The molecule has 2 nitrogen and oxygen atoms in total. The number of furan rings is 1. The number of benzene rings is 1. The molecular formula is C13H12F3NO. The first-order valence-corrected chi connectivity index (χ1v) is 5.39. The number of rotatable bonds is 3. The zero-order valence-corrected chi connectivity index (χ0v) is 9.93. The Kier molecular flexibility index (Phi) is 3.43. The first kappa shape index (κ1) is 12.7. The molecule has 0 fully saturated rings. The van der Waals surface area contributed by atoms with E-state index in [1.807, 2.05) is 0 Å². The summed E-state index contributed by atoms with van der Waals surface area (Å²) in [4.78, 5) is 0. The molecule has 1 unspecified atom stereocenters. The fraction of sp³-hybridized carbons (Fsp3) is 0.231. The van der Waals surface area contributed by atoms with Gasteiger partial charge in [-0.25, -0.2) is 13.2 Å². The van der Waals surface area contributed by atoms with E-state index in [1.165, 1.54) is 6.26 Å². The van der Waals surface area contributed by atoms with Gasteiger partial charge in [-0.1, -0.05) is 0 Å². The summed E-state index contributed by atoms with van der Waals surface area (Å²) >= 11 is 0. The van der Waals surface area contributed by atoms with Crippen LogP contribution in [0.15, 0.2) is 28.9 Å². The molecule has 0 saturated heterocycles. The van der Waals surface area contributed by atoms with Gasteiger partial charge in [-0.3, -0.25) is 0 Å². The van der Waals surface area contributed by atoms with E-state index >= 15 is 0 Å². The highest BCUT2D eigenvalue weighted by Gasteiger charge is 2.22. The van der Waals surface area contributed by atoms with E-state index in [1.54, 1.807) is 20.0 Å². The minimum absolute atomic E-state index is 0.222. The predicted octanol–water partition coefficient (Wildman–Crippen LogP) is 3.31. The molecule has 1 atom stereocenters. The number of hydrogen-bond acceptors (Lipinski definition) is 2. The first-order valence-electron chi connectivity index (χ1n) is 5.39. The van der Waals surface area contributed by atoms with E-state index in [4.69, 9.17) is 4.42 Å². The van der Waals surface area contributed by atoms with Crippen molar-refractivity contribution < 1.29 is 17.6 Å². The lowest BCUT2D eigenvalue weighted by Gasteiger charge is -2.16. The molecule has 0 radical (unpaired) electrons. The molecule has 0 amide bonds. The average molecular weight is 255 g/mol. The predicted molar refractivity (Wildman–Crippen MR) is 60.7 cm³/mol. The molecule has 5 heteroatoms. The third-order valence-electron chi connectivity index (χ3n) is 2.71. The second-order valence-electron chi connectivity index (χ2n) is 4.00. The molecule has 18 heavy (non-hydrogen) atoms. The molecule has 0 aliphatic carbocycles. The highest BCUT2D eigenvalue weighted by molar-refractivity contribution is 5.33. The van der Waals surface area contributed by atoms with Gasteiger partial charge >= 0.3 is 0 Å². The van der Waals surface area contributed by atoms with Crippen LogP contribution in [-0.4, -0.2) is 7.05 Å². The highest BCUT2D eigenvalue weighted by atomic mass is 19.1. The van der Waals surface area contributed by atoms with E-state index in [-0.39, 0.29) is 5.56 Å². The number of nitrogens with one attached hydrogen (secondary N) is 1. The van der Waals surface area contributed by atoms with E-state index in [0.29, 0.717) is 23.5 Å². The topological polar surface area (TPSA) is 25.2 Å². The lowest BCUT2D eigenvalue weighted by molar-refractivity contribution is 0.494. The average Bonchev–Trinajstić information content (AvgIpc) is 2.69. The Labute approximate surface area is 102 Å². The Morgan fingerprint density at radius 1 is 1.11 bits per heavy atom. The van der Waals surface area contributed by atoms with E-state index in [2.05, 4.69) is 5.32 Å². The largest absolute Gasteiger partial charge is 0.469 e. The maximum Gasteiger partial charge on any atom is 0.134 e. The van der Waals surface area contributed by atoms with Gasteiger partial charge in [-0.15, -0.1) is 0 Å². The number of halogens is 3. The molecule has 0 saturated carbocycles. The lowest BCUT2D eigenvalue weighted by Crippen LogP contribution is -2.20. The van der Waals surface area contributed by atoms with Gasteiger partial charge in [-0.05, 0) is 20.0 Å². The quantitative estimate of drug-likeness (QED) is 0.910. The summed E-state index contributed by atoms with van der Waals surface area (Å²) in [6, 6.07) is 2.28. The van der Waals surface area contributed by atoms with Crippen molar-refractivity contribution in [3.05, 3.63) is 58.8 Å². The Morgan fingerprint density at radius 2 is 1.72 bits per heavy atom. The summed E-state index contributed by atoms with van der Waals surface area (Å²) in [7, 11) is 1.56. The van der Waals surface area contributed by atoms with Crippen molar-refractivity contribution in [1.82, 2.24) is 5.32 Å². The van der Waals surface area contributed by atoms with Gasteiger partial charge in [0.05, 0.1) is 12.3 Å². The molecule has 0 spiro atoms. The van der Waals surface area contributed by atoms with E-state index in [0.717, 1.165) is 0 Å². The standard InChI is InChI=1S/C13H12F3NO/c1-7-3-8(6-18-7)13(17-2)12-10(15)4-9(14)5-11(12)16/h3-6,13,17H,1-2H3. The van der Waals surface area contributed by atoms with Gasteiger partial charge < -0.3 is 9.73 Å². The molecule has 2 rings (SSSR count). The van der Waals surface area contributed by atoms with Gasteiger partial charge in [0.15, 0.2) is 0 Å². The highest BCUT2D eigenvalue weighted by Crippen LogP contribution is 2.28. The Morgan fingerprint density at radius 3 is 2.17 bits per heavy atom. The Hall–Kier alpha value is -1.75. The maximum atomic E-state index is 13.7. The molecule has 96 valence electrons. The van der Waals surface area contributed by atoms with Crippen LogP contribution in [0.3, 0.4) is 0 Å². The SMILES string of the molecule is CNC(c1coc(C)c1)c1c(F)cc(F)cc1F. The van der Waals surface area contributed by atoms with Crippen LogP contribution in [0, 0.1) is 24.4 Å². The Bertz CT molecular complexity index is 542. The summed E-state index contributed by atoms with van der Waals surface area (Å²) in [6.45, 7) is 1.73. The third kappa shape index (κ3) is 2.26. The molecule has 0 bridgehead atoms. The van der Waals surface area contributed by atoms with Crippen LogP contribution in [0.5, 0.6) is 0 Å². The molecule has 1 N–H and O–H groups in total. The normalized spacial score (nSPS) is 12.7. The molecule has 1 aromatic carbocycles. The summed E-state index contributed by atoms with van der Waals surface area (Å²) in [5.74, 6) is -2.16. The summed E-state index contributed by atoms with van der Waals surface area (Å²) in [6.07, 6.45) is 1.42. The van der Waals surface area contributed by atoms with Crippen molar-refractivity contribution in [3.63, 3.8) is 0 Å². The minimum atomic E-state index is -0.938. The monoisotopic (exact) mass is 255 g/mol. The van der Waals surface area contributed by atoms with Gasteiger partial charge in [0, 0.05) is 23.3 Å². The smallest absolute Gasteiger partial charge is 0.134 e. The van der Waals surface area contributed by atoms with Crippen LogP contribution < -0.4 is 5.32 Å². The Balaban J connectivity index is 2.51. The fourth-order valence-electron chi connectivity index (χ4n) is 1.92. The molecule has 1 heterocycles. The zero-order chi connectivity index (χ0) is 13.3. The van der Waals surface area contributed by atoms with Crippen molar-refractivity contribution in [3.8, 4) is 0 Å². The summed E-state index contributed by atoms with van der Waals surface area (Å²) < 4.78 is 45.4. The molecule has 1 aromatic heterocycles. The van der Waals surface area contributed by atoms with Crippen LogP contribution in [0.2, 0.25) is 0 Å². The zero-order valence-electron chi connectivity index (χ0n) is 9.93. The third-order valence-corrected chi connectivity index (χ3v) is 2.71. The van der Waals surface area contributed by atoms with Crippen molar-refractivity contribution in [2.45, 2.75) is 13.0 Å². The number of aryl methyl sites for hydroxylation is 1. The minimum Gasteiger partial charge on any atom is -0.469 e. The van der Waals surface area contributed by atoms with E-state index < -0.39 is 23.5 Å². The van der Waals surface area contributed by atoms with Crippen LogP contribution in [-0.2, 0) is 0 Å². The molecule has 2 aromatic rings. The van der Waals surface area contributed by atoms with Gasteiger partial charge in [0.2, 0.25) is 0 Å². The van der Waals surface area contributed by atoms with Gasteiger partial charge in [-0.2, -0.15) is 0 Å². The van der Waals surface area contributed by atoms with Crippen LogP contribution in [0.1, 0.15) is 22.9 Å². The van der Waals surface area contributed by atoms with Crippen LogP contribution in [0.25, 0.3) is 0 Å².